The Labute approximate surface area is 180 Å². The zero-order valence-electron chi connectivity index (χ0n) is 18.4. The minimum atomic E-state index is -3.42. The molecule has 0 fully saturated rings. The standard InChI is InChI=1S/C24H32N2O3S/c1-17-13-18(2)15-23(14-17)26(30(4,28)29)12-6-9-24(27)25-19(3)21-11-10-20-7-5-8-22(20)16-21/h10-11,13-16,19H,5-9,12H2,1-4H3,(H,25,27)/t19-/m1/s1. The van der Waals surface area contributed by atoms with Gasteiger partial charge in [0.05, 0.1) is 18.0 Å². The van der Waals surface area contributed by atoms with Crippen LogP contribution in [0.15, 0.2) is 36.4 Å². The van der Waals surface area contributed by atoms with E-state index in [4.69, 9.17) is 0 Å². The fraction of sp³-hybridized carbons (Fsp3) is 0.458. The molecule has 1 atom stereocenters. The maximum Gasteiger partial charge on any atom is 0.232 e. The van der Waals surface area contributed by atoms with Crippen LogP contribution in [-0.2, 0) is 27.7 Å². The van der Waals surface area contributed by atoms with Crippen molar-refractivity contribution >= 4 is 21.6 Å². The van der Waals surface area contributed by atoms with Gasteiger partial charge in [-0.05, 0) is 86.4 Å². The van der Waals surface area contributed by atoms with Crippen LogP contribution in [0, 0.1) is 13.8 Å². The fourth-order valence-electron chi connectivity index (χ4n) is 4.22. The van der Waals surface area contributed by atoms with E-state index in [1.54, 1.807) is 0 Å². The molecule has 2 aromatic rings. The van der Waals surface area contributed by atoms with Gasteiger partial charge in [-0.25, -0.2) is 8.42 Å². The molecule has 0 radical (unpaired) electrons. The first-order chi connectivity index (χ1) is 14.1. The molecule has 0 saturated carbocycles. The maximum atomic E-state index is 12.5. The fourth-order valence-corrected chi connectivity index (χ4v) is 5.17. The number of aryl methyl sites for hydroxylation is 4. The zero-order valence-corrected chi connectivity index (χ0v) is 19.2. The predicted molar refractivity (Wildman–Crippen MR) is 122 cm³/mol. The highest BCUT2D eigenvalue weighted by atomic mass is 32.2. The number of anilines is 1. The Morgan fingerprint density at radius 1 is 1.07 bits per heavy atom. The van der Waals surface area contributed by atoms with Crippen molar-refractivity contribution in [3.05, 3.63) is 64.2 Å². The lowest BCUT2D eigenvalue weighted by atomic mass is 10.0. The Balaban J connectivity index is 1.57. The average molecular weight is 429 g/mol. The van der Waals surface area contributed by atoms with Crippen molar-refractivity contribution in [2.75, 3.05) is 17.1 Å². The molecule has 0 spiro atoms. The van der Waals surface area contributed by atoms with E-state index < -0.39 is 10.0 Å². The molecule has 30 heavy (non-hydrogen) atoms. The smallest absolute Gasteiger partial charge is 0.232 e. The Morgan fingerprint density at radius 3 is 2.40 bits per heavy atom. The van der Waals surface area contributed by atoms with Crippen LogP contribution in [0.4, 0.5) is 5.69 Å². The number of amides is 1. The van der Waals surface area contributed by atoms with Crippen LogP contribution in [0.25, 0.3) is 0 Å². The lowest BCUT2D eigenvalue weighted by molar-refractivity contribution is -0.121. The molecule has 0 saturated heterocycles. The number of nitrogens with one attached hydrogen (secondary N) is 1. The number of rotatable bonds is 8. The number of carbonyl (C=O) groups excluding carboxylic acids is 1. The van der Waals surface area contributed by atoms with Crippen molar-refractivity contribution in [1.82, 2.24) is 5.32 Å². The first-order valence-electron chi connectivity index (χ1n) is 10.6. The van der Waals surface area contributed by atoms with E-state index in [9.17, 15) is 13.2 Å². The zero-order chi connectivity index (χ0) is 21.9. The largest absolute Gasteiger partial charge is 0.350 e. The predicted octanol–water partition coefficient (Wildman–Crippen LogP) is 4.22. The quantitative estimate of drug-likeness (QED) is 0.685. The SMILES string of the molecule is Cc1cc(C)cc(N(CCCC(=O)N[C@H](C)c2ccc3c(c2)CCC3)S(C)(=O)=O)c1. The summed E-state index contributed by atoms with van der Waals surface area (Å²) in [5.74, 6) is -0.0585. The van der Waals surface area contributed by atoms with Gasteiger partial charge in [0.2, 0.25) is 15.9 Å². The summed E-state index contributed by atoms with van der Waals surface area (Å²) >= 11 is 0. The van der Waals surface area contributed by atoms with Crippen LogP contribution in [-0.4, -0.2) is 27.1 Å². The van der Waals surface area contributed by atoms with Gasteiger partial charge in [0.1, 0.15) is 0 Å². The summed E-state index contributed by atoms with van der Waals surface area (Å²) in [6, 6.07) is 12.2. The first-order valence-corrected chi connectivity index (χ1v) is 12.5. The molecule has 1 N–H and O–H groups in total. The Kier molecular flexibility index (Phi) is 6.86. The van der Waals surface area contributed by atoms with Crippen LogP contribution < -0.4 is 9.62 Å². The molecule has 0 unspecified atom stereocenters. The van der Waals surface area contributed by atoms with Gasteiger partial charge in [0.25, 0.3) is 0 Å². The number of sulfonamides is 1. The van der Waals surface area contributed by atoms with Gasteiger partial charge < -0.3 is 5.32 Å². The van der Waals surface area contributed by atoms with Crippen LogP contribution in [0.3, 0.4) is 0 Å². The molecule has 0 aliphatic heterocycles. The van der Waals surface area contributed by atoms with Crippen LogP contribution >= 0.6 is 0 Å². The molecule has 0 bridgehead atoms. The third-order valence-corrected chi connectivity index (χ3v) is 6.85. The average Bonchev–Trinajstić information content (AvgIpc) is 3.11. The molecular weight excluding hydrogens is 396 g/mol. The molecule has 0 heterocycles. The highest BCUT2D eigenvalue weighted by molar-refractivity contribution is 7.92. The van der Waals surface area contributed by atoms with Gasteiger partial charge in [-0.2, -0.15) is 0 Å². The van der Waals surface area contributed by atoms with Gasteiger partial charge >= 0.3 is 0 Å². The molecule has 1 amide bonds. The molecule has 162 valence electrons. The number of fused-ring (bicyclic) bond motifs is 1. The van der Waals surface area contributed by atoms with Gasteiger partial charge in [-0.3, -0.25) is 9.10 Å². The Morgan fingerprint density at radius 2 is 1.73 bits per heavy atom. The monoisotopic (exact) mass is 428 g/mol. The summed E-state index contributed by atoms with van der Waals surface area (Å²) in [7, 11) is -3.42. The molecule has 2 aromatic carbocycles. The Hall–Kier alpha value is -2.34. The van der Waals surface area contributed by atoms with Gasteiger partial charge in [0.15, 0.2) is 0 Å². The lowest BCUT2D eigenvalue weighted by Gasteiger charge is -2.23. The molecule has 0 aromatic heterocycles. The van der Waals surface area contributed by atoms with E-state index in [1.807, 2.05) is 39.0 Å². The minimum Gasteiger partial charge on any atom is -0.350 e. The van der Waals surface area contributed by atoms with Crippen molar-refractivity contribution in [3.8, 4) is 0 Å². The Bertz CT molecular complexity index is 1010. The van der Waals surface area contributed by atoms with Crippen molar-refractivity contribution in [2.45, 2.75) is 58.9 Å². The second-order valence-corrected chi connectivity index (χ2v) is 10.4. The minimum absolute atomic E-state index is 0.0585. The van der Waals surface area contributed by atoms with Crippen molar-refractivity contribution in [1.29, 1.82) is 0 Å². The number of nitrogens with zero attached hydrogens (tertiary/aromatic N) is 1. The van der Waals surface area contributed by atoms with Crippen LogP contribution in [0.2, 0.25) is 0 Å². The van der Waals surface area contributed by atoms with E-state index in [1.165, 1.54) is 28.1 Å². The van der Waals surface area contributed by atoms with E-state index >= 15 is 0 Å². The summed E-state index contributed by atoms with van der Waals surface area (Å²) in [5, 5.41) is 3.05. The molecule has 3 rings (SSSR count). The van der Waals surface area contributed by atoms with Crippen LogP contribution in [0.1, 0.15) is 60.0 Å². The molecular formula is C24H32N2O3S. The first kappa shape index (κ1) is 22.3. The van der Waals surface area contributed by atoms with Crippen molar-refractivity contribution < 1.29 is 13.2 Å². The number of hydrogen-bond donors (Lipinski definition) is 1. The molecule has 1 aliphatic carbocycles. The van der Waals surface area contributed by atoms with Crippen molar-refractivity contribution in [2.24, 2.45) is 0 Å². The summed E-state index contributed by atoms with van der Waals surface area (Å²) in [5.41, 5.74) is 6.62. The van der Waals surface area contributed by atoms with Crippen LogP contribution in [0.5, 0.6) is 0 Å². The van der Waals surface area contributed by atoms with E-state index in [2.05, 4.69) is 23.5 Å². The van der Waals surface area contributed by atoms with Crippen molar-refractivity contribution in [3.63, 3.8) is 0 Å². The summed E-state index contributed by atoms with van der Waals surface area (Å²) < 4.78 is 26.0. The topological polar surface area (TPSA) is 66.5 Å². The number of benzene rings is 2. The molecule has 5 nitrogen and oxygen atoms in total. The second kappa shape index (κ2) is 9.21. The second-order valence-electron chi connectivity index (χ2n) is 8.46. The maximum absolute atomic E-state index is 12.5. The lowest BCUT2D eigenvalue weighted by Crippen LogP contribution is -2.32. The normalized spacial score (nSPS) is 14.3. The third-order valence-electron chi connectivity index (χ3n) is 5.66. The van der Waals surface area contributed by atoms with E-state index in [-0.39, 0.29) is 24.9 Å². The van der Waals surface area contributed by atoms with Gasteiger partial charge in [-0.1, -0.05) is 24.3 Å². The third kappa shape index (κ3) is 5.63. The number of carbonyl (C=O) groups is 1. The summed E-state index contributed by atoms with van der Waals surface area (Å²) in [6.07, 6.45) is 5.42. The number of hydrogen-bond acceptors (Lipinski definition) is 3. The molecule has 6 heteroatoms. The van der Waals surface area contributed by atoms with Gasteiger partial charge in [-0.15, -0.1) is 0 Å². The van der Waals surface area contributed by atoms with Gasteiger partial charge in [0, 0.05) is 13.0 Å². The molecule has 1 aliphatic rings. The van der Waals surface area contributed by atoms with E-state index in [0.29, 0.717) is 12.1 Å². The highest BCUT2D eigenvalue weighted by Gasteiger charge is 2.19. The summed E-state index contributed by atoms with van der Waals surface area (Å²) in [4.78, 5) is 12.5. The summed E-state index contributed by atoms with van der Waals surface area (Å²) in [6.45, 7) is 6.17. The van der Waals surface area contributed by atoms with E-state index in [0.717, 1.165) is 29.5 Å². The highest BCUT2D eigenvalue weighted by Crippen LogP contribution is 2.25.